The molecule has 0 radical (unpaired) electrons. The van der Waals surface area contributed by atoms with Crippen molar-refractivity contribution in [3.05, 3.63) is 35.4 Å². The van der Waals surface area contributed by atoms with E-state index in [-0.39, 0.29) is 25.1 Å². The number of ether oxygens (including phenoxy) is 1. The fourth-order valence-electron chi connectivity index (χ4n) is 1.63. The van der Waals surface area contributed by atoms with E-state index in [2.05, 4.69) is 10.1 Å². The number of rotatable bonds is 6. The zero-order chi connectivity index (χ0) is 16.8. The summed E-state index contributed by atoms with van der Waals surface area (Å²) in [6.07, 6.45) is -4.50. The lowest BCUT2D eigenvalue weighted by Gasteiger charge is -2.14. The molecule has 122 valence electrons. The molecule has 0 bridgehead atoms. The molecule has 0 fully saturated rings. The minimum atomic E-state index is -4.47. The second-order valence-corrected chi connectivity index (χ2v) is 4.55. The summed E-state index contributed by atoms with van der Waals surface area (Å²) in [5.74, 6) is -0.990. The predicted octanol–water partition coefficient (Wildman–Crippen LogP) is 2.12. The lowest BCUT2D eigenvalue weighted by molar-refractivity contribution is -0.145. The highest BCUT2D eigenvalue weighted by molar-refractivity contribution is 5.77. The van der Waals surface area contributed by atoms with Crippen LogP contribution in [0.25, 0.3) is 0 Å². The molecular formula is C14H17F3N2O3. The van der Waals surface area contributed by atoms with Gasteiger partial charge in [-0.15, -0.1) is 0 Å². The van der Waals surface area contributed by atoms with Crippen LogP contribution in [-0.4, -0.2) is 18.6 Å². The molecule has 0 saturated carbocycles. The van der Waals surface area contributed by atoms with Crippen molar-refractivity contribution >= 4 is 11.9 Å². The van der Waals surface area contributed by atoms with Gasteiger partial charge in [0.1, 0.15) is 0 Å². The van der Waals surface area contributed by atoms with Crippen LogP contribution in [0.2, 0.25) is 0 Å². The molecule has 1 amide bonds. The Hall–Kier alpha value is -2.09. The molecule has 1 rings (SSSR count). The predicted molar refractivity (Wildman–Crippen MR) is 72.4 cm³/mol. The molecule has 0 heterocycles. The fraction of sp³-hybridized carbons (Fsp3) is 0.429. The van der Waals surface area contributed by atoms with Crippen LogP contribution >= 0.6 is 0 Å². The van der Waals surface area contributed by atoms with Crippen LogP contribution in [0.15, 0.2) is 24.3 Å². The van der Waals surface area contributed by atoms with E-state index in [1.165, 1.54) is 12.1 Å². The van der Waals surface area contributed by atoms with Gasteiger partial charge in [0, 0.05) is 18.9 Å². The van der Waals surface area contributed by atoms with E-state index in [1.54, 1.807) is 6.92 Å². The van der Waals surface area contributed by atoms with Crippen molar-refractivity contribution in [2.24, 2.45) is 5.73 Å². The molecule has 22 heavy (non-hydrogen) atoms. The Balaban J connectivity index is 2.56. The molecule has 0 aromatic heterocycles. The Morgan fingerprint density at radius 3 is 2.64 bits per heavy atom. The maximum absolute atomic E-state index is 12.6. The van der Waals surface area contributed by atoms with Gasteiger partial charge in [-0.3, -0.25) is 9.59 Å². The van der Waals surface area contributed by atoms with E-state index in [9.17, 15) is 22.8 Å². The van der Waals surface area contributed by atoms with Gasteiger partial charge >= 0.3 is 12.1 Å². The quantitative estimate of drug-likeness (QED) is 0.622. The molecule has 0 aliphatic rings. The number of carbonyl (C=O) groups is 2. The second kappa shape index (κ2) is 7.79. The highest BCUT2D eigenvalue weighted by Gasteiger charge is 2.30. The number of halogens is 3. The van der Waals surface area contributed by atoms with Gasteiger partial charge in [0.2, 0.25) is 5.91 Å². The van der Waals surface area contributed by atoms with Crippen molar-refractivity contribution in [2.45, 2.75) is 32.0 Å². The van der Waals surface area contributed by atoms with Gasteiger partial charge in [-0.05, 0) is 17.7 Å². The van der Waals surface area contributed by atoms with Crippen molar-refractivity contribution in [3.8, 4) is 0 Å². The average Bonchev–Trinajstić information content (AvgIpc) is 2.46. The summed E-state index contributed by atoms with van der Waals surface area (Å²) >= 11 is 0. The van der Waals surface area contributed by atoms with Crippen molar-refractivity contribution in [3.63, 3.8) is 0 Å². The van der Waals surface area contributed by atoms with E-state index in [0.29, 0.717) is 0 Å². The minimum Gasteiger partial charge on any atom is -0.444 e. The normalized spacial score (nSPS) is 12.6. The Labute approximate surface area is 125 Å². The largest absolute Gasteiger partial charge is 0.444 e. The molecule has 1 unspecified atom stereocenters. The Morgan fingerprint density at radius 1 is 1.36 bits per heavy atom. The van der Waals surface area contributed by atoms with Crippen molar-refractivity contribution < 1.29 is 27.5 Å². The summed E-state index contributed by atoms with van der Waals surface area (Å²) in [6.45, 7) is 1.31. The molecular weight excluding hydrogens is 301 g/mol. The molecule has 0 saturated heterocycles. The first-order valence-corrected chi connectivity index (χ1v) is 6.59. The van der Waals surface area contributed by atoms with E-state index in [0.717, 1.165) is 12.1 Å². The number of nitrogens with two attached hydrogens (primary N) is 1. The van der Waals surface area contributed by atoms with E-state index >= 15 is 0 Å². The number of esters is 1. The number of amides is 1. The second-order valence-electron chi connectivity index (χ2n) is 4.55. The maximum atomic E-state index is 12.6. The first kappa shape index (κ1) is 18.0. The summed E-state index contributed by atoms with van der Waals surface area (Å²) in [6, 6.07) is 3.61. The Morgan fingerprint density at radius 2 is 2.05 bits per heavy atom. The molecule has 0 aliphatic carbocycles. The monoisotopic (exact) mass is 318 g/mol. The van der Waals surface area contributed by atoms with Gasteiger partial charge in [0.15, 0.2) is 6.73 Å². The lowest BCUT2D eigenvalue weighted by Crippen LogP contribution is -2.30. The topological polar surface area (TPSA) is 81.4 Å². The summed E-state index contributed by atoms with van der Waals surface area (Å²) < 4.78 is 42.5. The first-order chi connectivity index (χ1) is 10.2. The van der Waals surface area contributed by atoms with Crippen LogP contribution in [0.4, 0.5) is 13.2 Å². The van der Waals surface area contributed by atoms with Gasteiger partial charge in [-0.1, -0.05) is 19.1 Å². The number of hydrogen-bond donors (Lipinski definition) is 2. The molecule has 1 aromatic carbocycles. The molecule has 1 aromatic rings. The molecule has 0 aliphatic heterocycles. The van der Waals surface area contributed by atoms with Gasteiger partial charge < -0.3 is 15.8 Å². The highest BCUT2D eigenvalue weighted by Crippen LogP contribution is 2.30. The van der Waals surface area contributed by atoms with Crippen molar-refractivity contribution in [2.75, 3.05) is 6.73 Å². The van der Waals surface area contributed by atoms with E-state index in [4.69, 9.17) is 5.73 Å². The number of nitrogens with one attached hydrogen (secondary N) is 1. The Bertz CT molecular complexity index is 532. The van der Waals surface area contributed by atoms with Crippen LogP contribution in [0.1, 0.15) is 36.9 Å². The van der Waals surface area contributed by atoms with E-state index in [1.807, 2.05) is 0 Å². The van der Waals surface area contributed by atoms with Gasteiger partial charge in [-0.2, -0.15) is 13.2 Å². The summed E-state index contributed by atoms with van der Waals surface area (Å²) in [4.78, 5) is 22.4. The third-order valence-electron chi connectivity index (χ3n) is 2.84. The van der Waals surface area contributed by atoms with Crippen LogP contribution < -0.4 is 11.1 Å². The van der Waals surface area contributed by atoms with Gasteiger partial charge in [0.05, 0.1) is 5.56 Å². The van der Waals surface area contributed by atoms with Crippen LogP contribution in [0.3, 0.4) is 0 Å². The first-order valence-electron chi connectivity index (χ1n) is 6.59. The number of carbonyl (C=O) groups excluding carboxylic acids is 2. The van der Waals surface area contributed by atoms with Gasteiger partial charge in [-0.25, -0.2) is 0 Å². The van der Waals surface area contributed by atoms with Crippen molar-refractivity contribution in [1.82, 2.24) is 5.32 Å². The minimum absolute atomic E-state index is 0.180. The lowest BCUT2D eigenvalue weighted by atomic mass is 10.0. The molecule has 1 atom stereocenters. The van der Waals surface area contributed by atoms with Crippen LogP contribution in [-0.2, 0) is 20.5 Å². The Kier molecular flexibility index (Phi) is 6.36. The third kappa shape index (κ3) is 5.72. The SMILES string of the molecule is CCC(=O)OCNC(=O)CC(N)c1cccc(C(F)(F)F)c1. The number of benzene rings is 1. The highest BCUT2D eigenvalue weighted by atomic mass is 19.4. The third-order valence-corrected chi connectivity index (χ3v) is 2.84. The number of hydrogen-bond acceptors (Lipinski definition) is 4. The smallest absolute Gasteiger partial charge is 0.416 e. The summed E-state index contributed by atoms with van der Waals surface area (Å²) in [5, 5.41) is 2.31. The molecule has 5 nitrogen and oxygen atoms in total. The molecule has 8 heteroatoms. The van der Waals surface area contributed by atoms with Crippen molar-refractivity contribution in [1.29, 1.82) is 0 Å². The zero-order valence-corrected chi connectivity index (χ0v) is 11.9. The maximum Gasteiger partial charge on any atom is 0.416 e. The standard InChI is InChI=1S/C14H17F3N2O3/c1-2-13(21)22-8-19-12(20)7-11(18)9-4-3-5-10(6-9)14(15,16)17/h3-6,11H,2,7-8,18H2,1H3,(H,19,20). The molecule has 0 spiro atoms. The van der Waals surface area contributed by atoms with Crippen LogP contribution in [0, 0.1) is 0 Å². The molecule has 3 N–H and O–H groups in total. The number of alkyl halides is 3. The van der Waals surface area contributed by atoms with E-state index < -0.39 is 29.7 Å². The average molecular weight is 318 g/mol. The summed E-state index contributed by atoms with van der Waals surface area (Å²) in [5.41, 5.74) is 5.11. The van der Waals surface area contributed by atoms with Gasteiger partial charge in [0.25, 0.3) is 0 Å². The fourth-order valence-corrected chi connectivity index (χ4v) is 1.63. The summed E-state index contributed by atoms with van der Waals surface area (Å²) in [7, 11) is 0. The van der Waals surface area contributed by atoms with Crippen LogP contribution in [0.5, 0.6) is 0 Å². The zero-order valence-electron chi connectivity index (χ0n) is 11.9.